The maximum Gasteiger partial charge on any atom is 0.118 e. The molecule has 2 aliphatic heterocycles. The van der Waals surface area contributed by atoms with E-state index in [0.717, 1.165) is 5.75 Å². The van der Waals surface area contributed by atoms with Gasteiger partial charge in [-0.3, -0.25) is 0 Å². The first kappa shape index (κ1) is 19.3. The van der Waals surface area contributed by atoms with Gasteiger partial charge in [0.25, 0.3) is 0 Å². The Bertz CT molecular complexity index is 443. The molecule has 2 unspecified atom stereocenters. The molecule has 1 N–H and O–H groups in total. The van der Waals surface area contributed by atoms with Crippen molar-refractivity contribution in [2.75, 3.05) is 26.7 Å². The first-order chi connectivity index (χ1) is 11.3. The third-order valence-corrected chi connectivity index (χ3v) is 6.98. The summed E-state index contributed by atoms with van der Waals surface area (Å²) in [5.74, 6) is 0.928. The van der Waals surface area contributed by atoms with E-state index in [9.17, 15) is 0 Å². The number of benzene rings is 1. The summed E-state index contributed by atoms with van der Waals surface area (Å²) in [5, 5.41) is 3.28. The van der Waals surface area contributed by atoms with Gasteiger partial charge in [-0.05, 0) is 74.6 Å². The van der Waals surface area contributed by atoms with Crippen molar-refractivity contribution in [1.82, 2.24) is 9.62 Å². The SMILES string of the molecule is C1CCNCC1.COc1ccc(C2CCCCN2S[PH2]=S)cc1. The number of hydrogen-bond donors (Lipinski definition) is 1. The minimum atomic E-state index is 0.0700. The summed E-state index contributed by atoms with van der Waals surface area (Å²) in [5.41, 5.74) is 1.39. The van der Waals surface area contributed by atoms with Crippen LogP contribution in [0.3, 0.4) is 0 Å². The van der Waals surface area contributed by atoms with Gasteiger partial charge >= 0.3 is 0 Å². The highest BCUT2D eigenvalue weighted by Crippen LogP contribution is 2.39. The van der Waals surface area contributed by atoms with Gasteiger partial charge in [0.2, 0.25) is 0 Å². The maximum atomic E-state index is 5.20. The number of piperidine rings is 2. The Morgan fingerprint density at radius 3 is 2.39 bits per heavy atom. The normalized spacial score (nSPS) is 22.6. The first-order valence-electron chi connectivity index (χ1n) is 8.57. The second-order valence-corrected chi connectivity index (χ2v) is 9.75. The molecule has 2 atom stereocenters. The minimum Gasteiger partial charge on any atom is -0.497 e. The van der Waals surface area contributed by atoms with Crippen LogP contribution >= 0.6 is 18.1 Å². The number of methoxy groups -OCH3 is 1. The van der Waals surface area contributed by atoms with Crippen molar-refractivity contribution in [3.05, 3.63) is 29.8 Å². The van der Waals surface area contributed by atoms with Crippen LogP contribution in [0, 0.1) is 0 Å². The molecule has 1 aromatic carbocycles. The van der Waals surface area contributed by atoms with Crippen LogP contribution in [0.2, 0.25) is 0 Å². The van der Waals surface area contributed by atoms with Gasteiger partial charge in [-0.25, -0.2) is 4.31 Å². The molecule has 2 saturated heterocycles. The zero-order chi connectivity index (χ0) is 16.3. The van der Waals surface area contributed by atoms with E-state index in [1.807, 2.05) is 23.7 Å². The van der Waals surface area contributed by atoms with E-state index in [0.29, 0.717) is 6.04 Å². The Kier molecular flexibility index (Phi) is 9.62. The molecule has 0 bridgehead atoms. The lowest BCUT2D eigenvalue weighted by Gasteiger charge is -2.34. The molecule has 0 aliphatic carbocycles. The van der Waals surface area contributed by atoms with Crippen molar-refractivity contribution in [1.29, 1.82) is 0 Å². The molecule has 0 aromatic heterocycles. The van der Waals surface area contributed by atoms with E-state index in [2.05, 4.69) is 21.8 Å². The Labute approximate surface area is 151 Å². The summed E-state index contributed by atoms with van der Waals surface area (Å²) in [6.45, 7) is 3.74. The second kappa shape index (κ2) is 11.5. The van der Waals surface area contributed by atoms with Crippen LogP contribution < -0.4 is 10.1 Å². The predicted octanol–water partition coefficient (Wildman–Crippen LogP) is 4.42. The quantitative estimate of drug-likeness (QED) is 0.623. The zero-order valence-corrected chi connectivity index (χ0v) is 16.8. The highest BCUT2D eigenvalue weighted by Gasteiger charge is 2.23. The van der Waals surface area contributed by atoms with E-state index in [-0.39, 0.29) is 6.56 Å². The lowest BCUT2D eigenvalue weighted by Crippen LogP contribution is -2.26. The number of nitrogens with zero attached hydrogens (tertiary/aromatic N) is 1. The van der Waals surface area contributed by atoms with E-state index < -0.39 is 0 Å². The van der Waals surface area contributed by atoms with Crippen molar-refractivity contribution in [3.8, 4) is 5.75 Å². The van der Waals surface area contributed by atoms with Crippen LogP contribution in [0.15, 0.2) is 24.3 Å². The van der Waals surface area contributed by atoms with Crippen LogP contribution in [-0.2, 0) is 11.8 Å². The van der Waals surface area contributed by atoms with E-state index >= 15 is 0 Å². The fourth-order valence-corrected chi connectivity index (χ4v) is 5.85. The highest BCUT2D eigenvalue weighted by molar-refractivity contribution is 8.56. The molecule has 2 heterocycles. The monoisotopic (exact) mass is 372 g/mol. The first-order valence-corrected chi connectivity index (χ1v) is 12.7. The van der Waals surface area contributed by atoms with Gasteiger partial charge in [0, 0.05) is 12.6 Å². The summed E-state index contributed by atoms with van der Waals surface area (Å²) in [7, 11) is 1.71. The predicted molar refractivity (Wildman–Crippen MR) is 108 cm³/mol. The molecule has 1 aromatic rings. The van der Waals surface area contributed by atoms with Gasteiger partial charge in [-0.2, -0.15) is 0 Å². The average molecular weight is 373 g/mol. The molecule has 3 nitrogen and oxygen atoms in total. The lowest BCUT2D eigenvalue weighted by atomic mass is 9.97. The molecule has 0 saturated carbocycles. The molecule has 6 heteroatoms. The summed E-state index contributed by atoms with van der Waals surface area (Å²) >= 11 is 7.03. The van der Waals surface area contributed by atoms with Gasteiger partial charge in [0.05, 0.1) is 7.11 Å². The fourth-order valence-electron chi connectivity index (χ4n) is 3.05. The molecule has 3 rings (SSSR count). The Balaban J connectivity index is 0.000000268. The molecule has 23 heavy (non-hydrogen) atoms. The van der Waals surface area contributed by atoms with Crippen molar-refractivity contribution in [3.63, 3.8) is 0 Å². The van der Waals surface area contributed by atoms with Gasteiger partial charge < -0.3 is 10.1 Å². The minimum absolute atomic E-state index is 0.0700. The van der Waals surface area contributed by atoms with Crippen LogP contribution in [0.4, 0.5) is 0 Å². The number of ether oxygens (including phenoxy) is 1. The van der Waals surface area contributed by atoms with Gasteiger partial charge in [0.15, 0.2) is 0 Å². The maximum absolute atomic E-state index is 5.20. The Hall–Kier alpha value is -0.0600. The number of rotatable bonds is 4. The number of hydrogen-bond acceptors (Lipinski definition) is 5. The average Bonchev–Trinajstić information content (AvgIpc) is 2.65. The Morgan fingerprint density at radius 2 is 1.87 bits per heavy atom. The molecular formula is C17H29N2OPS2. The molecular weight excluding hydrogens is 343 g/mol. The molecule has 0 spiro atoms. The van der Waals surface area contributed by atoms with E-state index in [1.165, 1.54) is 63.7 Å². The van der Waals surface area contributed by atoms with E-state index in [4.69, 9.17) is 16.5 Å². The number of nitrogens with one attached hydrogen (secondary N) is 1. The smallest absolute Gasteiger partial charge is 0.118 e. The molecule has 2 aliphatic rings. The van der Waals surface area contributed by atoms with E-state index in [1.54, 1.807) is 7.11 Å². The summed E-state index contributed by atoms with van der Waals surface area (Å²) < 4.78 is 7.68. The summed E-state index contributed by atoms with van der Waals surface area (Å²) in [6.07, 6.45) is 8.08. The molecule has 0 amide bonds. The molecule has 2 fully saturated rings. The second-order valence-electron chi connectivity index (χ2n) is 5.94. The largest absolute Gasteiger partial charge is 0.497 e. The van der Waals surface area contributed by atoms with Crippen LogP contribution in [0.5, 0.6) is 5.75 Å². The molecule has 0 radical (unpaired) electrons. The van der Waals surface area contributed by atoms with Gasteiger partial charge in [0.1, 0.15) is 5.75 Å². The molecule has 130 valence electrons. The summed E-state index contributed by atoms with van der Waals surface area (Å²) in [6, 6.07) is 9.00. The van der Waals surface area contributed by atoms with Crippen molar-refractivity contribution < 1.29 is 4.74 Å². The van der Waals surface area contributed by atoms with Gasteiger partial charge in [-0.15, -0.1) is 0 Å². The zero-order valence-electron chi connectivity index (χ0n) is 14.0. The fraction of sp³-hybridized carbons (Fsp3) is 0.647. The van der Waals surface area contributed by atoms with Gasteiger partial charge in [-0.1, -0.05) is 36.8 Å². The highest BCUT2D eigenvalue weighted by atomic mass is 32.9. The van der Waals surface area contributed by atoms with Crippen molar-refractivity contribution in [2.24, 2.45) is 0 Å². The standard InChI is InChI=1S/C12H18NOPS2.C5H11N/c1-14-11-7-5-10(6-8-11)12-4-2-3-9-13(12)17-15-16;1-2-4-6-5-3-1/h5-8,12H,2-4,9,15H2,1H3;6H,1-5H2. The summed E-state index contributed by atoms with van der Waals surface area (Å²) in [4.78, 5) is 0. The third kappa shape index (κ3) is 6.75. The Morgan fingerprint density at radius 1 is 1.13 bits per heavy atom. The van der Waals surface area contributed by atoms with Crippen LogP contribution in [-0.4, -0.2) is 31.0 Å². The van der Waals surface area contributed by atoms with Crippen molar-refractivity contribution >= 4 is 29.9 Å². The van der Waals surface area contributed by atoms with Crippen LogP contribution in [0.1, 0.15) is 50.1 Å². The van der Waals surface area contributed by atoms with Crippen LogP contribution in [0.25, 0.3) is 0 Å². The topological polar surface area (TPSA) is 24.5 Å². The van der Waals surface area contributed by atoms with Crippen molar-refractivity contribution in [2.45, 2.75) is 44.6 Å². The lowest BCUT2D eigenvalue weighted by molar-refractivity contribution is 0.281. The third-order valence-electron chi connectivity index (χ3n) is 4.34.